The van der Waals surface area contributed by atoms with Crippen LogP contribution >= 0.6 is 15.9 Å². The summed E-state index contributed by atoms with van der Waals surface area (Å²) in [5.41, 5.74) is 0.461. The Hall–Kier alpha value is -2.60. The average molecular weight is 470 g/mol. The molecule has 0 N–H and O–H groups in total. The van der Waals surface area contributed by atoms with Crippen LogP contribution in [-0.2, 0) is 20.8 Å². The first-order chi connectivity index (χ1) is 14.2. The number of carbonyl (C=O) groups is 2. The molecule has 0 aromatic heterocycles. The first kappa shape index (κ1) is 20.7. The Bertz CT molecular complexity index is 1000. The molecule has 1 aliphatic heterocycles. The molecule has 2 aromatic rings. The number of nitrogens with zero attached hydrogens (tertiary/aromatic N) is 1. The van der Waals surface area contributed by atoms with Crippen molar-refractivity contribution in [3.63, 3.8) is 0 Å². The first-order valence-electron chi connectivity index (χ1n) is 9.93. The Kier molecular flexibility index (Phi) is 5.22. The lowest BCUT2D eigenvalue weighted by Crippen LogP contribution is -2.58. The van der Waals surface area contributed by atoms with E-state index in [4.69, 9.17) is 9.47 Å². The van der Waals surface area contributed by atoms with Crippen LogP contribution in [0.3, 0.4) is 0 Å². The Morgan fingerprint density at radius 3 is 2.47 bits per heavy atom. The van der Waals surface area contributed by atoms with E-state index in [0.717, 1.165) is 15.6 Å². The zero-order chi connectivity index (χ0) is 21.5. The van der Waals surface area contributed by atoms with Crippen LogP contribution in [0.1, 0.15) is 44.2 Å². The van der Waals surface area contributed by atoms with E-state index in [1.165, 1.54) is 6.92 Å². The van der Waals surface area contributed by atoms with Gasteiger partial charge >= 0.3 is 12.1 Å². The predicted octanol–water partition coefficient (Wildman–Crippen LogP) is 5.55. The predicted molar refractivity (Wildman–Crippen MR) is 117 cm³/mol. The average Bonchev–Trinajstić information content (AvgIpc) is 3.14. The number of hydrogen-bond acceptors (Lipinski definition) is 4. The molecule has 0 radical (unpaired) electrons. The van der Waals surface area contributed by atoms with Gasteiger partial charge in [-0.25, -0.2) is 4.79 Å². The molecule has 1 spiro atoms. The minimum Gasteiger partial charge on any atom is -0.441 e. The Balaban J connectivity index is 1.84. The molecule has 156 valence electrons. The second-order valence-corrected chi connectivity index (χ2v) is 9.18. The van der Waals surface area contributed by atoms with Gasteiger partial charge in [0.2, 0.25) is 0 Å². The molecule has 0 saturated carbocycles. The van der Waals surface area contributed by atoms with E-state index in [0.29, 0.717) is 18.7 Å². The van der Waals surface area contributed by atoms with Crippen molar-refractivity contribution in [3.05, 3.63) is 82.0 Å². The van der Waals surface area contributed by atoms with E-state index in [1.54, 1.807) is 0 Å². The molecule has 0 bridgehead atoms. The van der Waals surface area contributed by atoms with E-state index in [1.807, 2.05) is 79.4 Å². The van der Waals surface area contributed by atoms with Crippen LogP contribution in [0.2, 0.25) is 0 Å². The van der Waals surface area contributed by atoms with Crippen molar-refractivity contribution in [2.24, 2.45) is 0 Å². The summed E-state index contributed by atoms with van der Waals surface area (Å²) >= 11 is 3.48. The molecule has 1 saturated heterocycles. The summed E-state index contributed by atoms with van der Waals surface area (Å²) < 4.78 is 12.5. The number of benzene rings is 2. The standard InChI is InChI=1S/C24H24BrNO4/c1-16(27)29-20-13-14-24(21(20)18-9-11-19(25)12-10-18)23(2,3)30-22(28)26(24)15-17-7-5-4-6-8-17/h4-13,21H,14-15H2,1-3H3/t21-,24+/m0/s1. The van der Waals surface area contributed by atoms with Gasteiger partial charge in [0.25, 0.3) is 0 Å². The zero-order valence-electron chi connectivity index (χ0n) is 17.2. The largest absolute Gasteiger partial charge is 0.441 e. The summed E-state index contributed by atoms with van der Waals surface area (Å²) in [6, 6.07) is 17.8. The van der Waals surface area contributed by atoms with Crippen LogP contribution in [0.25, 0.3) is 0 Å². The Morgan fingerprint density at radius 1 is 1.17 bits per heavy atom. The second kappa shape index (κ2) is 7.58. The van der Waals surface area contributed by atoms with Gasteiger partial charge in [-0.1, -0.05) is 58.4 Å². The van der Waals surface area contributed by atoms with Gasteiger partial charge in [-0.15, -0.1) is 0 Å². The molecule has 1 fully saturated rings. The monoisotopic (exact) mass is 469 g/mol. The number of ether oxygens (including phenoxy) is 2. The number of amides is 1. The molecule has 1 amide bonds. The molecule has 2 aliphatic rings. The summed E-state index contributed by atoms with van der Waals surface area (Å²) in [7, 11) is 0. The number of cyclic esters (lactones) is 1. The lowest BCUT2D eigenvalue weighted by atomic mass is 9.70. The van der Waals surface area contributed by atoms with Crippen LogP contribution in [0, 0.1) is 0 Å². The third kappa shape index (κ3) is 3.33. The minimum atomic E-state index is -0.797. The summed E-state index contributed by atoms with van der Waals surface area (Å²) in [4.78, 5) is 26.7. The van der Waals surface area contributed by atoms with Gasteiger partial charge in [-0.2, -0.15) is 0 Å². The van der Waals surface area contributed by atoms with Gasteiger partial charge in [-0.3, -0.25) is 9.69 Å². The molecule has 1 aliphatic carbocycles. The molecule has 6 heteroatoms. The molecule has 30 heavy (non-hydrogen) atoms. The van der Waals surface area contributed by atoms with Crippen molar-refractivity contribution >= 4 is 28.0 Å². The van der Waals surface area contributed by atoms with E-state index < -0.39 is 11.1 Å². The first-order valence-corrected chi connectivity index (χ1v) is 10.7. The lowest BCUT2D eigenvalue weighted by molar-refractivity contribution is -0.137. The molecule has 5 nitrogen and oxygen atoms in total. The maximum Gasteiger partial charge on any atom is 0.411 e. The van der Waals surface area contributed by atoms with Gasteiger partial charge < -0.3 is 9.47 Å². The topological polar surface area (TPSA) is 55.8 Å². The van der Waals surface area contributed by atoms with Crippen LogP contribution in [0.15, 0.2) is 70.9 Å². The van der Waals surface area contributed by atoms with Gasteiger partial charge in [0.1, 0.15) is 16.9 Å². The lowest BCUT2D eigenvalue weighted by Gasteiger charge is -2.45. The number of carbonyl (C=O) groups excluding carboxylic acids is 2. The quantitative estimate of drug-likeness (QED) is 0.550. The number of esters is 1. The van der Waals surface area contributed by atoms with Crippen molar-refractivity contribution in [1.29, 1.82) is 0 Å². The summed E-state index contributed by atoms with van der Waals surface area (Å²) in [5.74, 6) is -0.146. The molecular weight excluding hydrogens is 446 g/mol. The van der Waals surface area contributed by atoms with Crippen molar-refractivity contribution in [2.75, 3.05) is 0 Å². The normalized spacial score (nSPS) is 24.7. The maximum absolute atomic E-state index is 13.1. The van der Waals surface area contributed by atoms with Gasteiger partial charge in [0, 0.05) is 17.9 Å². The molecule has 2 atom stereocenters. The van der Waals surface area contributed by atoms with Crippen molar-refractivity contribution in [2.45, 2.75) is 50.8 Å². The van der Waals surface area contributed by atoms with E-state index in [9.17, 15) is 9.59 Å². The van der Waals surface area contributed by atoms with E-state index in [-0.39, 0.29) is 18.0 Å². The summed E-state index contributed by atoms with van der Waals surface area (Å²) in [5, 5.41) is 0. The molecule has 4 rings (SSSR count). The van der Waals surface area contributed by atoms with Crippen LogP contribution in [-0.4, -0.2) is 28.1 Å². The van der Waals surface area contributed by atoms with E-state index in [2.05, 4.69) is 15.9 Å². The highest BCUT2D eigenvalue weighted by Crippen LogP contribution is 2.57. The zero-order valence-corrected chi connectivity index (χ0v) is 18.8. The van der Waals surface area contributed by atoms with E-state index >= 15 is 0 Å². The Labute approximate surface area is 184 Å². The molecule has 0 unspecified atom stereocenters. The van der Waals surface area contributed by atoms with Gasteiger partial charge in [0.15, 0.2) is 0 Å². The van der Waals surface area contributed by atoms with Crippen molar-refractivity contribution in [3.8, 4) is 0 Å². The van der Waals surface area contributed by atoms with Gasteiger partial charge in [-0.05, 0) is 49.6 Å². The van der Waals surface area contributed by atoms with Crippen LogP contribution < -0.4 is 0 Å². The van der Waals surface area contributed by atoms with Crippen molar-refractivity contribution in [1.82, 2.24) is 4.90 Å². The fraction of sp³-hybridized carbons (Fsp3) is 0.333. The highest BCUT2D eigenvalue weighted by atomic mass is 79.9. The van der Waals surface area contributed by atoms with Gasteiger partial charge in [0.05, 0.1) is 5.92 Å². The number of rotatable bonds is 4. The number of hydrogen-bond donors (Lipinski definition) is 0. The third-order valence-corrected chi connectivity index (χ3v) is 6.64. The number of halogens is 1. The van der Waals surface area contributed by atoms with Crippen LogP contribution in [0.5, 0.6) is 0 Å². The van der Waals surface area contributed by atoms with Crippen LogP contribution in [0.4, 0.5) is 4.79 Å². The molecule has 2 aromatic carbocycles. The minimum absolute atomic E-state index is 0.334. The third-order valence-electron chi connectivity index (χ3n) is 6.11. The van der Waals surface area contributed by atoms with Crippen molar-refractivity contribution < 1.29 is 19.1 Å². The second-order valence-electron chi connectivity index (χ2n) is 8.26. The maximum atomic E-state index is 13.1. The SMILES string of the molecule is CC(=O)OC1=CC[C@]2([C@H]1c1ccc(Br)cc1)N(Cc1ccccc1)C(=O)OC2(C)C. The fourth-order valence-corrected chi connectivity index (χ4v) is 5.03. The highest BCUT2D eigenvalue weighted by Gasteiger charge is 2.66. The Morgan fingerprint density at radius 2 is 1.83 bits per heavy atom. The molecule has 1 heterocycles. The highest BCUT2D eigenvalue weighted by molar-refractivity contribution is 9.10. The fourth-order valence-electron chi connectivity index (χ4n) is 4.77. The summed E-state index contributed by atoms with van der Waals surface area (Å²) in [6.07, 6.45) is 2.10. The molecular formula is C24H24BrNO4. The summed E-state index contributed by atoms with van der Waals surface area (Å²) in [6.45, 7) is 5.68. The smallest absolute Gasteiger partial charge is 0.411 e.